The van der Waals surface area contributed by atoms with Crippen molar-refractivity contribution >= 4 is 15.9 Å². The van der Waals surface area contributed by atoms with Gasteiger partial charge in [0.1, 0.15) is 17.2 Å². The number of rotatable bonds is 5. The molecule has 2 rings (SSSR count). The summed E-state index contributed by atoms with van der Waals surface area (Å²) in [4.78, 5) is 0. The van der Waals surface area contributed by atoms with Crippen molar-refractivity contribution in [1.82, 2.24) is 0 Å². The Kier molecular flexibility index (Phi) is 4.82. The van der Waals surface area contributed by atoms with Crippen LogP contribution in [0.3, 0.4) is 0 Å². The molecule has 0 spiro atoms. The monoisotopic (exact) mass is 321 g/mol. The van der Waals surface area contributed by atoms with Gasteiger partial charge >= 0.3 is 0 Å². The number of benzene rings is 2. The highest BCUT2D eigenvalue weighted by atomic mass is 79.9. The maximum absolute atomic E-state index is 5.88. The summed E-state index contributed by atoms with van der Waals surface area (Å²) in [5, 5.41) is 0. The summed E-state index contributed by atoms with van der Waals surface area (Å²) in [6, 6.07) is 13.4. The molecule has 2 N–H and O–H groups in total. The van der Waals surface area contributed by atoms with Gasteiger partial charge in [-0.05, 0) is 31.2 Å². The third-order valence-electron chi connectivity index (χ3n) is 2.59. The fourth-order valence-electron chi connectivity index (χ4n) is 1.71. The quantitative estimate of drug-likeness (QED) is 0.901. The first-order valence-corrected chi connectivity index (χ1v) is 6.91. The van der Waals surface area contributed by atoms with Gasteiger partial charge in [-0.25, -0.2) is 0 Å². The average Bonchev–Trinajstić information content (AvgIpc) is 2.40. The maximum atomic E-state index is 5.88. The molecule has 3 nitrogen and oxygen atoms in total. The van der Waals surface area contributed by atoms with E-state index >= 15 is 0 Å². The van der Waals surface area contributed by atoms with Crippen LogP contribution in [0.4, 0.5) is 0 Å². The highest BCUT2D eigenvalue weighted by Crippen LogP contribution is 2.30. The van der Waals surface area contributed by atoms with Gasteiger partial charge in [0.05, 0.1) is 6.61 Å². The van der Waals surface area contributed by atoms with Gasteiger partial charge in [-0.1, -0.05) is 28.1 Å². The molecule has 0 aliphatic rings. The minimum absolute atomic E-state index is 0.438. The lowest BCUT2D eigenvalue weighted by Gasteiger charge is -2.11. The first-order chi connectivity index (χ1) is 9.22. The van der Waals surface area contributed by atoms with E-state index < -0.39 is 0 Å². The predicted octanol–water partition coefficient (Wildman–Crippen LogP) is 4.10. The fraction of sp³-hybridized carbons (Fsp3) is 0.200. The zero-order valence-electron chi connectivity index (χ0n) is 10.7. The molecule has 0 atom stereocenters. The van der Waals surface area contributed by atoms with E-state index in [4.69, 9.17) is 15.2 Å². The van der Waals surface area contributed by atoms with Gasteiger partial charge in [0.15, 0.2) is 0 Å². The summed E-state index contributed by atoms with van der Waals surface area (Å²) in [6.07, 6.45) is 0. The van der Waals surface area contributed by atoms with E-state index in [0.29, 0.717) is 13.2 Å². The van der Waals surface area contributed by atoms with Crippen LogP contribution in [0.5, 0.6) is 17.2 Å². The molecule has 100 valence electrons. The zero-order valence-corrected chi connectivity index (χ0v) is 12.3. The highest BCUT2D eigenvalue weighted by molar-refractivity contribution is 9.10. The van der Waals surface area contributed by atoms with Crippen molar-refractivity contribution in [3.63, 3.8) is 0 Å². The second kappa shape index (κ2) is 6.59. The van der Waals surface area contributed by atoms with E-state index in [1.165, 1.54) is 0 Å². The molecule has 0 heterocycles. The molecule has 0 unspecified atom stereocenters. The van der Waals surface area contributed by atoms with Crippen LogP contribution in [0.1, 0.15) is 12.5 Å². The second-order valence-corrected chi connectivity index (χ2v) is 4.88. The van der Waals surface area contributed by atoms with Crippen molar-refractivity contribution in [3.05, 3.63) is 52.5 Å². The van der Waals surface area contributed by atoms with Crippen LogP contribution in [0.2, 0.25) is 0 Å². The first kappa shape index (κ1) is 13.9. The van der Waals surface area contributed by atoms with Gasteiger partial charge in [-0.15, -0.1) is 0 Å². The average molecular weight is 322 g/mol. The lowest BCUT2D eigenvalue weighted by atomic mass is 10.2. The first-order valence-electron chi connectivity index (χ1n) is 6.12. The van der Waals surface area contributed by atoms with Crippen LogP contribution < -0.4 is 15.2 Å². The summed E-state index contributed by atoms with van der Waals surface area (Å²) in [5.74, 6) is 2.29. The van der Waals surface area contributed by atoms with E-state index in [9.17, 15) is 0 Å². The molecule has 0 amide bonds. The van der Waals surface area contributed by atoms with Crippen LogP contribution >= 0.6 is 15.9 Å². The SMILES string of the molecule is CCOc1cccc(Oc2cc(Br)ccc2CN)c1. The van der Waals surface area contributed by atoms with Crippen LogP contribution in [0.25, 0.3) is 0 Å². The van der Waals surface area contributed by atoms with E-state index in [0.717, 1.165) is 27.3 Å². The fourth-order valence-corrected chi connectivity index (χ4v) is 2.05. The molecule has 0 radical (unpaired) electrons. The minimum atomic E-state index is 0.438. The summed E-state index contributed by atoms with van der Waals surface area (Å²) in [6.45, 7) is 3.02. The van der Waals surface area contributed by atoms with Gasteiger partial charge in [-0.3, -0.25) is 0 Å². The molecular weight excluding hydrogens is 306 g/mol. The van der Waals surface area contributed by atoms with E-state index in [1.807, 2.05) is 49.4 Å². The molecule has 0 saturated heterocycles. The Bertz CT molecular complexity index is 558. The van der Waals surface area contributed by atoms with Crippen LogP contribution in [-0.4, -0.2) is 6.61 Å². The van der Waals surface area contributed by atoms with Gasteiger partial charge in [0.25, 0.3) is 0 Å². The number of nitrogens with two attached hydrogens (primary N) is 1. The third-order valence-corrected chi connectivity index (χ3v) is 3.09. The van der Waals surface area contributed by atoms with Crippen LogP contribution in [0, 0.1) is 0 Å². The van der Waals surface area contributed by atoms with Gasteiger partial charge < -0.3 is 15.2 Å². The van der Waals surface area contributed by atoms with Gasteiger partial charge in [-0.2, -0.15) is 0 Å². The normalized spacial score (nSPS) is 10.3. The molecular formula is C15H16BrNO2. The molecule has 0 aliphatic carbocycles. The summed E-state index contributed by atoms with van der Waals surface area (Å²) in [7, 11) is 0. The molecule has 0 aromatic heterocycles. The van der Waals surface area contributed by atoms with E-state index in [-0.39, 0.29) is 0 Å². The van der Waals surface area contributed by atoms with E-state index in [1.54, 1.807) is 0 Å². The summed E-state index contributed by atoms with van der Waals surface area (Å²) in [5.41, 5.74) is 6.67. The lowest BCUT2D eigenvalue weighted by molar-refractivity contribution is 0.338. The van der Waals surface area contributed by atoms with Crippen molar-refractivity contribution in [2.24, 2.45) is 5.73 Å². The molecule has 0 fully saturated rings. The molecule has 0 aliphatic heterocycles. The number of halogens is 1. The Morgan fingerprint density at radius 3 is 2.63 bits per heavy atom. The van der Waals surface area contributed by atoms with Crippen molar-refractivity contribution in [3.8, 4) is 17.2 Å². The Labute approximate surface area is 121 Å². The second-order valence-electron chi connectivity index (χ2n) is 3.97. The smallest absolute Gasteiger partial charge is 0.133 e. The van der Waals surface area contributed by atoms with Crippen molar-refractivity contribution in [2.75, 3.05) is 6.61 Å². The van der Waals surface area contributed by atoms with Crippen LogP contribution in [-0.2, 0) is 6.54 Å². The summed E-state index contributed by atoms with van der Waals surface area (Å²) < 4.78 is 12.3. The van der Waals surface area contributed by atoms with Crippen molar-refractivity contribution in [1.29, 1.82) is 0 Å². The third kappa shape index (κ3) is 3.72. The predicted molar refractivity (Wildman–Crippen MR) is 79.7 cm³/mol. The molecule has 0 saturated carbocycles. The molecule has 19 heavy (non-hydrogen) atoms. The Morgan fingerprint density at radius 2 is 1.89 bits per heavy atom. The van der Waals surface area contributed by atoms with Crippen LogP contribution in [0.15, 0.2) is 46.9 Å². The number of hydrogen-bond donors (Lipinski definition) is 1. The Balaban J connectivity index is 2.25. The topological polar surface area (TPSA) is 44.5 Å². The number of hydrogen-bond acceptors (Lipinski definition) is 3. The van der Waals surface area contributed by atoms with Crippen molar-refractivity contribution in [2.45, 2.75) is 13.5 Å². The highest BCUT2D eigenvalue weighted by Gasteiger charge is 2.05. The summed E-state index contributed by atoms with van der Waals surface area (Å²) >= 11 is 3.43. The Hall–Kier alpha value is -1.52. The Morgan fingerprint density at radius 1 is 1.11 bits per heavy atom. The lowest BCUT2D eigenvalue weighted by Crippen LogP contribution is -1.99. The molecule has 0 bridgehead atoms. The van der Waals surface area contributed by atoms with Gasteiger partial charge in [0.2, 0.25) is 0 Å². The maximum Gasteiger partial charge on any atom is 0.133 e. The largest absolute Gasteiger partial charge is 0.494 e. The molecule has 4 heteroatoms. The van der Waals surface area contributed by atoms with Gasteiger partial charge in [0, 0.05) is 22.6 Å². The number of ether oxygens (including phenoxy) is 2. The van der Waals surface area contributed by atoms with E-state index in [2.05, 4.69) is 15.9 Å². The molecule has 2 aromatic rings. The zero-order chi connectivity index (χ0) is 13.7. The standard InChI is InChI=1S/C15H16BrNO2/c1-2-18-13-4-3-5-14(9-13)19-15-8-12(16)7-6-11(15)10-17/h3-9H,2,10,17H2,1H3. The van der Waals surface area contributed by atoms with Crippen molar-refractivity contribution < 1.29 is 9.47 Å². The minimum Gasteiger partial charge on any atom is -0.494 e. The molecule has 2 aromatic carbocycles.